The third-order valence-electron chi connectivity index (χ3n) is 2.84. The average molecular weight is 440 g/mol. The van der Waals surface area contributed by atoms with Crippen LogP contribution in [0.2, 0.25) is 10.0 Å². The number of hydrogen-bond acceptors (Lipinski definition) is 3. The fourth-order valence-corrected chi connectivity index (χ4v) is 3.66. The first-order chi connectivity index (χ1) is 9.52. The molecule has 1 aromatic heterocycles. The van der Waals surface area contributed by atoms with E-state index in [4.69, 9.17) is 29.0 Å². The lowest BCUT2D eigenvalue weighted by molar-refractivity contribution is 0.536. The Morgan fingerprint density at radius 2 is 1.90 bits per heavy atom. The van der Waals surface area contributed by atoms with Crippen LogP contribution in [-0.4, -0.2) is 4.98 Å². The number of hydrogen-bond donors (Lipinski definition) is 2. The van der Waals surface area contributed by atoms with Crippen LogP contribution in [0.1, 0.15) is 17.3 Å². The van der Waals surface area contributed by atoms with Crippen molar-refractivity contribution in [2.24, 2.45) is 5.84 Å². The maximum atomic E-state index is 6.19. The quantitative estimate of drug-likeness (QED) is 0.538. The molecule has 1 heterocycles. The van der Waals surface area contributed by atoms with Crippen LogP contribution in [0, 0.1) is 0 Å². The van der Waals surface area contributed by atoms with Crippen LogP contribution in [-0.2, 0) is 6.42 Å². The number of halogens is 4. The largest absolute Gasteiger partial charge is 0.271 e. The number of aromatic nitrogens is 1. The van der Waals surface area contributed by atoms with Crippen molar-refractivity contribution in [3.05, 3.63) is 60.7 Å². The van der Waals surface area contributed by atoms with Crippen LogP contribution in [0.15, 0.2) is 39.4 Å². The molecular weight excluding hydrogens is 429 g/mol. The SMILES string of the molecule is NNC(Cc1c(Cl)cccc1Cl)c1ncc(Br)cc1Br. The molecule has 0 aliphatic rings. The minimum absolute atomic E-state index is 0.199. The molecule has 106 valence electrons. The summed E-state index contributed by atoms with van der Waals surface area (Å²) in [5.41, 5.74) is 4.40. The van der Waals surface area contributed by atoms with Crippen molar-refractivity contribution in [1.29, 1.82) is 0 Å². The van der Waals surface area contributed by atoms with Crippen LogP contribution in [0.5, 0.6) is 0 Å². The maximum absolute atomic E-state index is 6.19. The molecule has 3 N–H and O–H groups in total. The Balaban J connectivity index is 2.34. The predicted molar refractivity (Wildman–Crippen MR) is 89.9 cm³/mol. The van der Waals surface area contributed by atoms with E-state index in [1.54, 1.807) is 18.3 Å². The molecule has 1 aromatic carbocycles. The van der Waals surface area contributed by atoms with Crippen molar-refractivity contribution in [3.8, 4) is 0 Å². The zero-order chi connectivity index (χ0) is 14.7. The first-order valence-electron chi connectivity index (χ1n) is 5.73. The highest BCUT2D eigenvalue weighted by molar-refractivity contribution is 9.11. The lowest BCUT2D eigenvalue weighted by atomic mass is 10.0. The smallest absolute Gasteiger partial charge is 0.0732 e. The topological polar surface area (TPSA) is 50.9 Å². The first kappa shape index (κ1) is 16.2. The van der Waals surface area contributed by atoms with Crippen molar-refractivity contribution in [2.75, 3.05) is 0 Å². The van der Waals surface area contributed by atoms with Crippen molar-refractivity contribution in [1.82, 2.24) is 10.4 Å². The summed E-state index contributed by atoms with van der Waals surface area (Å²) in [6.07, 6.45) is 2.26. The molecule has 20 heavy (non-hydrogen) atoms. The van der Waals surface area contributed by atoms with E-state index in [1.807, 2.05) is 12.1 Å². The fourth-order valence-electron chi connectivity index (χ4n) is 1.85. The number of nitrogens with two attached hydrogens (primary N) is 1. The second-order valence-corrected chi connectivity index (χ2v) is 6.73. The highest BCUT2D eigenvalue weighted by Gasteiger charge is 2.18. The Morgan fingerprint density at radius 3 is 2.45 bits per heavy atom. The molecule has 0 saturated heterocycles. The standard InChI is InChI=1S/C13H11Br2Cl2N3/c14-7-4-9(15)13(19-6-7)12(20-18)5-8-10(16)2-1-3-11(8)17/h1-4,6,12,20H,5,18H2. The zero-order valence-corrected chi connectivity index (χ0v) is 14.9. The van der Waals surface area contributed by atoms with Gasteiger partial charge in [0.1, 0.15) is 0 Å². The van der Waals surface area contributed by atoms with Gasteiger partial charge in [-0.15, -0.1) is 0 Å². The highest BCUT2D eigenvalue weighted by atomic mass is 79.9. The Labute approximate surface area is 144 Å². The molecule has 0 spiro atoms. The molecule has 0 fully saturated rings. The summed E-state index contributed by atoms with van der Waals surface area (Å²) in [4.78, 5) is 4.38. The van der Waals surface area contributed by atoms with E-state index in [1.165, 1.54) is 0 Å². The van der Waals surface area contributed by atoms with Crippen LogP contribution in [0.25, 0.3) is 0 Å². The number of benzene rings is 1. The summed E-state index contributed by atoms with van der Waals surface area (Å²) < 4.78 is 1.75. The van der Waals surface area contributed by atoms with Crippen LogP contribution < -0.4 is 11.3 Å². The molecule has 7 heteroatoms. The number of rotatable bonds is 4. The molecule has 0 saturated carbocycles. The molecule has 2 rings (SSSR count). The molecular formula is C13H11Br2Cl2N3. The van der Waals surface area contributed by atoms with E-state index in [9.17, 15) is 0 Å². The van der Waals surface area contributed by atoms with Crippen LogP contribution >= 0.6 is 55.1 Å². The molecule has 2 aromatic rings. The number of pyridine rings is 1. The van der Waals surface area contributed by atoms with Gasteiger partial charge in [0.15, 0.2) is 0 Å². The summed E-state index contributed by atoms with van der Waals surface area (Å²) in [5, 5.41) is 1.23. The van der Waals surface area contributed by atoms with Gasteiger partial charge in [-0.25, -0.2) is 0 Å². The normalized spacial score (nSPS) is 12.4. The minimum atomic E-state index is -0.199. The summed E-state index contributed by atoms with van der Waals surface area (Å²) in [6.45, 7) is 0. The molecule has 0 aliphatic heterocycles. The van der Waals surface area contributed by atoms with Crippen LogP contribution in [0.3, 0.4) is 0 Å². The van der Waals surface area contributed by atoms with E-state index in [0.29, 0.717) is 16.5 Å². The molecule has 0 bridgehead atoms. The molecule has 0 aliphatic carbocycles. The number of nitrogens with one attached hydrogen (secondary N) is 1. The van der Waals surface area contributed by atoms with Gasteiger partial charge in [-0.3, -0.25) is 16.3 Å². The van der Waals surface area contributed by atoms with E-state index >= 15 is 0 Å². The third kappa shape index (κ3) is 3.72. The fraction of sp³-hybridized carbons (Fsp3) is 0.154. The average Bonchev–Trinajstić information content (AvgIpc) is 2.40. The molecule has 3 nitrogen and oxygen atoms in total. The molecule has 1 atom stereocenters. The van der Waals surface area contributed by atoms with Crippen molar-refractivity contribution < 1.29 is 0 Å². The van der Waals surface area contributed by atoms with E-state index in [2.05, 4.69) is 42.3 Å². The second kappa shape index (κ2) is 7.20. The maximum Gasteiger partial charge on any atom is 0.0732 e. The number of hydrazine groups is 1. The lowest BCUT2D eigenvalue weighted by Gasteiger charge is -2.18. The Hall–Kier alpha value is -0.170. The van der Waals surface area contributed by atoms with E-state index in [-0.39, 0.29) is 6.04 Å². The Morgan fingerprint density at radius 1 is 1.25 bits per heavy atom. The highest BCUT2D eigenvalue weighted by Crippen LogP contribution is 2.31. The molecule has 0 radical (unpaired) electrons. The number of nitrogens with zero attached hydrogens (tertiary/aromatic N) is 1. The Kier molecular flexibility index (Phi) is 5.84. The summed E-state index contributed by atoms with van der Waals surface area (Å²) in [6, 6.07) is 7.14. The van der Waals surface area contributed by atoms with Gasteiger partial charge in [0.2, 0.25) is 0 Å². The molecule has 1 unspecified atom stereocenters. The first-order valence-corrected chi connectivity index (χ1v) is 8.07. The summed E-state index contributed by atoms with van der Waals surface area (Å²) in [5.74, 6) is 5.65. The van der Waals surface area contributed by atoms with Gasteiger partial charge in [0.05, 0.1) is 11.7 Å². The third-order valence-corrected chi connectivity index (χ3v) is 4.61. The monoisotopic (exact) mass is 437 g/mol. The predicted octanol–water partition coefficient (Wildman–Crippen LogP) is 4.66. The van der Waals surface area contributed by atoms with Gasteiger partial charge in [0.25, 0.3) is 0 Å². The second-order valence-electron chi connectivity index (χ2n) is 4.14. The van der Waals surface area contributed by atoms with Gasteiger partial charge in [-0.05, 0) is 62.0 Å². The van der Waals surface area contributed by atoms with Gasteiger partial charge in [-0.2, -0.15) is 0 Å². The zero-order valence-electron chi connectivity index (χ0n) is 10.2. The van der Waals surface area contributed by atoms with Gasteiger partial charge >= 0.3 is 0 Å². The summed E-state index contributed by atoms with van der Waals surface area (Å²) >= 11 is 19.2. The van der Waals surface area contributed by atoms with Gasteiger partial charge in [-0.1, -0.05) is 29.3 Å². The van der Waals surface area contributed by atoms with E-state index < -0.39 is 0 Å². The summed E-state index contributed by atoms with van der Waals surface area (Å²) in [7, 11) is 0. The van der Waals surface area contributed by atoms with Crippen molar-refractivity contribution >= 4 is 55.1 Å². The van der Waals surface area contributed by atoms with Crippen LogP contribution in [0.4, 0.5) is 0 Å². The van der Waals surface area contributed by atoms with Gasteiger partial charge < -0.3 is 0 Å². The molecule has 0 amide bonds. The lowest BCUT2D eigenvalue weighted by Crippen LogP contribution is -2.30. The van der Waals surface area contributed by atoms with Crippen molar-refractivity contribution in [3.63, 3.8) is 0 Å². The van der Waals surface area contributed by atoms with Gasteiger partial charge in [0, 0.05) is 25.2 Å². The minimum Gasteiger partial charge on any atom is -0.271 e. The van der Waals surface area contributed by atoms with Crippen molar-refractivity contribution in [2.45, 2.75) is 12.5 Å². The Bertz CT molecular complexity index is 602. The van der Waals surface area contributed by atoms with E-state index in [0.717, 1.165) is 20.2 Å².